The van der Waals surface area contributed by atoms with Gasteiger partial charge in [-0.2, -0.15) is 0 Å². The van der Waals surface area contributed by atoms with Gasteiger partial charge < -0.3 is 0 Å². The van der Waals surface area contributed by atoms with Crippen molar-refractivity contribution in [1.82, 2.24) is 4.98 Å². The molecule has 0 radical (unpaired) electrons. The van der Waals surface area contributed by atoms with Gasteiger partial charge in [0.1, 0.15) is 16.6 Å². The number of aromatic nitrogens is 1. The average molecular weight is 374 g/mol. The van der Waals surface area contributed by atoms with Gasteiger partial charge in [0.05, 0.1) is 0 Å². The summed E-state index contributed by atoms with van der Waals surface area (Å²) in [7, 11) is 0. The van der Waals surface area contributed by atoms with Crippen LogP contribution in [0.2, 0.25) is 5.15 Å². The highest BCUT2D eigenvalue weighted by atomic mass is 35.5. The molecular weight excluding hydrogens is 346 g/mol. The van der Waals surface area contributed by atoms with Gasteiger partial charge in [-0.25, -0.2) is 4.98 Å². The lowest BCUT2D eigenvalue weighted by molar-refractivity contribution is -0.122. The lowest BCUT2D eigenvalue weighted by atomic mass is 9.87. The maximum absolute atomic E-state index is 12.3. The molecule has 26 heavy (non-hydrogen) atoms. The summed E-state index contributed by atoms with van der Waals surface area (Å²) in [5.74, 6) is 1.47. The third-order valence-corrected chi connectivity index (χ3v) is 4.63. The second-order valence-corrected chi connectivity index (χ2v) is 8.75. The van der Waals surface area contributed by atoms with Crippen molar-refractivity contribution in [2.75, 3.05) is 0 Å². The first kappa shape index (κ1) is 20.6. The Morgan fingerprint density at radius 2 is 1.81 bits per heavy atom. The Hall–Kier alpha value is -1.74. The summed E-state index contributed by atoms with van der Waals surface area (Å²) in [6, 6.07) is 9.43. The topological polar surface area (TPSA) is 47.0 Å². The molecule has 4 heteroatoms. The van der Waals surface area contributed by atoms with Crippen molar-refractivity contribution in [3.8, 4) is 0 Å². The van der Waals surface area contributed by atoms with E-state index >= 15 is 0 Å². The maximum atomic E-state index is 12.3. The second-order valence-electron chi connectivity index (χ2n) is 8.36. The number of halogens is 1. The molecule has 2 aromatic rings. The molecule has 0 spiro atoms. The van der Waals surface area contributed by atoms with Crippen LogP contribution in [0.15, 0.2) is 30.3 Å². The number of fused-ring (bicyclic) bond motifs is 1. The standard InChI is InChI=1S/C14H14ClNO.C8H14O/c1-14(2,3)13(17)12-10-7-5-4-6-9(10)8-11(15)16-12;1-6(2)8(9)5-7-3-4-7/h4-8H,1-3H3;6-7H,3-5H2,1-2H3. The van der Waals surface area contributed by atoms with Gasteiger partial charge in [0, 0.05) is 23.1 Å². The zero-order chi connectivity index (χ0) is 19.5. The highest BCUT2D eigenvalue weighted by Gasteiger charge is 2.26. The molecule has 1 aliphatic rings. The number of carbonyl (C=O) groups is 2. The third kappa shape index (κ3) is 5.63. The zero-order valence-corrected chi connectivity index (χ0v) is 17.1. The summed E-state index contributed by atoms with van der Waals surface area (Å²) < 4.78 is 0. The van der Waals surface area contributed by atoms with Crippen LogP contribution in [-0.4, -0.2) is 16.6 Å². The van der Waals surface area contributed by atoms with Crippen molar-refractivity contribution < 1.29 is 9.59 Å². The van der Waals surface area contributed by atoms with E-state index in [0.29, 0.717) is 16.6 Å². The van der Waals surface area contributed by atoms with Crippen molar-refractivity contribution in [1.29, 1.82) is 0 Å². The van der Waals surface area contributed by atoms with Crippen LogP contribution in [0.25, 0.3) is 10.8 Å². The molecule has 1 saturated carbocycles. The van der Waals surface area contributed by atoms with E-state index in [1.54, 1.807) is 6.07 Å². The van der Waals surface area contributed by atoms with E-state index in [2.05, 4.69) is 4.98 Å². The van der Waals surface area contributed by atoms with E-state index < -0.39 is 5.41 Å². The molecule has 0 N–H and O–H groups in total. The number of nitrogens with zero attached hydrogens (tertiary/aromatic N) is 1. The molecule has 3 rings (SSSR count). The molecule has 0 atom stereocenters. The van der Waals surface area contributed by atoms with Gasteiger partial charge in [-0.1, -0.05) is 70.5 Å². The Labute approximate surface area is 161 Å². The molecule has 1 aromatic heterocycles. The molecule has 1 aliphatic carbocycles. The molecular formula is C22H28ClNO2. The molecule has 0 amide bonds. The van der Waals surface area contributed by atoms with Crippen molar-refractivity contribution >= 4 is 33.9 Å². The molecule has 1 aromatic carbocycles. The summed E-state index contributed by atoms with van der Waals surface area (Å²) in [4.78, 5) is 27.5. The minimum Gasteiger partial charge on any atom is -0.299 e. The third-order valence-electron chi connectivity index (χ3n) is 4.44. The first-order chi connectivity index (χ1) is 12.1. The monoisotopic (exact) mass is 373 g/mol. The molecule has 1 fully saturated rings. The Morgan fingerprint density at radius 1 is 1.19 bits per heavy atom. The number of benzene rings is 1. The number of pyridine rings is 1. The minimum atomic E-state index is -0.458. The van der Waals surface area contributed by atoms with Gasteiger partial charge in [-0.15, -0.1) is 0 Å². The van der Waals surface area contributed by atoms with E-state index in [1.165, 1.54) is 12.8 Å². The summed E-state index contributed by atoms with van der Waals surface area (Å²) >= 11 is 5.95. The molecule has 0 unspecified atom stereocenters. The normalized spacial score (nSPS) is 14.1. The highest BCUT2D eigenvalue weighted by Crippen LogP contribution is 2.33. The number of hydrogen-bond acceptors (Lipinski definition) is 3. The van der Waals surface area contributed by atoms with Gasteiger partial charge >= 0.3 is 0 Å². The Bertz CT molecular complexity index is 801. The summed E-state index contributed by atoms with van der Waals surface area (Å²) in [6.45, 7) is 9.60. The lowest BCUT2D eigenvalue weighted by Gasteiger charge is -2.17. The van der Waals surface area contributed by atoms with Crippen LogP contribution in [0.3, 0.4) is 0 Å². The van der Waals surface area contributed by atoms with Crippen LogP contribution in [0.1, 0.15) is 64.4 Å². The van der Waals surface area contributed by atoms with Crippen molar-refractivity contribution in [2.24, 2.45) is 17.3 Å². The minimum absolute atomic E-state index is 0.0104. The fourth-order valence-electron chi connectivity index (χ4n) is 2.54. The predicted molar refractivity (Wildman–Crippen MR) is 108 cm³/mol. The fraction of sp³-hybridized carbons (Fsp3) is 0.500. The van der Waals surface area contributed by atoms with Crippen LogP contribution >= 0.6 is 11.6 Å². The molecule has 0 aliphatic heterocycles. The Balaban J connectivity index is 0.000000228. The number of hydrogen-bond donors (Lipinski definition) is 0. The van der Waals surface area contributed by atoms with E-state index in [4.69, 9.17) is 11.6 Å². The van der Waals surface area contributed by atoms with Crippen LogP contribution < -0.4 is 0 Å². The van der Waals surface area contributed by atoms with Crippen LogP contribution in [0.4, 0.5) is 0 Å². The van der Waals surface area contributed by atoms with Gasteiger partial charge in [0.15, 0.2) is 5.78 Å². The van der Waals surface area contributed by atoms with E-state index in [0.717, 1.165) is 23.1 Å². The van der Waals surface area contributed by atoms with Crippen molar-refractivity contribution in [3.05, 3.63) is 41.2 Å². The predicted octanol–water partition coefficient (Wildman–Crippen LogP) is 6.13. The summed E-state index contributed by atoms with van der Waals surface area (Å²) in [5, 5.41) is 2.16. The Kier molecular flexibility index (Phi) is 6.57. The summed E-state index contributed by atoms with van der Waals surface area (Å²) in [6.07, 6.45) is 3.43. The first-order valence-electron chi connectivity index (χ1n) is 9.22. The number of ketones is 2. The molecule has 140 valence electrons. The van der Waals surface area contributed by atoms with Crippen LogP contribution in [0, 0.1) is 17.3 Å². The SMILES string of the molecule is CC(C)(C)C(=O)c1nc(Cl)cc2ccccc12.CC(C)C(=O)CC1CC1. The number of rotatable bonds is 4. The smallest absolute Gasteiger partial charge is 0.187 e. The molecule has 1 heterocycles. The van der Waals surface area contributed by atoms with Gasteiger partial charge in [0.25, 0.3) is 0 Å². The zero-order valence-electron chi connectivity index (χ0n) is 16.3. The largest absolute Gasteiger partial charge is 0.299 e. The van der Waals surface area contributed by atoms with Gasteiger partial charge in [0.2, 0.25) is 0 Å². The number of carbonyl (C=O) groups excluding carboxylic acids is 2. The number of Topliss-reactive ketones (excluding diaryl/α,β-unsaturated/α-hetero) is 2. The molecule has 0 saturated heterocycles. The lowest BCUT2D eigenvalue weighted by Crippen LogP contribution is -2.21. The Morgan fingerprint density at radius 3 is 2.35 bits per heavy atom. The van der Waals surface area contributed by atoms with E-state index in [-0.39, 0.29) is 11.7 Å². The van der Waals surface area contributed by atoms with Crippen LogP contribution in [0.5, 0.6) is 0 Å². The van der Waals surface area contributed by atoms with Crippen molar-refractivity contribution in [2.45, 2.75) is 53.9 Å². The summed E-state index contributed by atoms with van der Waals surface area (Å²) in [5.41, 5.74) is 0.00101. The first-order valence-corrected chi connectivity index (χ1v) is 9.60. The van der Waals surface area contributed by atoms with Crippen molar-refractivity contribution in [3.63, 3.8) is 0 Å². The average Bonchev–Trinajstić information content (AvgIpc) is 3.37. The second kappa shape index (κ2) is 8.30. The highest BCUT2D eigenvalue weighted by molar-refractivity contribution is 6.30. The maximum Gasteiger partial charge on any atom is 0.187 e. The molecule has 0 bridgehead atoms. The van der Waals surface area contributed by atoms with Gasteiger partial charge in [-0.3, -0.25) is 9.59 Å². The quantitative estimate of drug-likeness (QED) is 0.478. The van der Waals surface area contributed by atoms with Crippen LogP contribution in [-0.2, 0) is 4.79 Å². The van der Waals surface area contributed by atoms with E-state index in [9.17, 15) is 9.59 Å². The fourth-order valence-corrected chi connectivity index (χ4v) is 2.74. The molecule has 3 nitrogen and oxygen atoms in total. The van der Waals surface area contributed by atoms with Gasteiger partial charge in [-0.05, 0) is 30.2 Å². The van der Waals surface area contributed by atoms with E-state index in [1.807, 2.05) is 58.9 Å².